The van der Waals surface area contributed by atoms with E-state index in [2.05, 4.69) is 21.2 Å². The van der Waals surface area contributed by atoms with E-state index in [1.165, 1.54) is 0 Å². The number of halogens is 1. The summed E-state index contributed by atoms with van der Waals surface area (Å²) < 4.78 is 0. The lowest BCUT2D eigenvalue weighted by Crippen LogP contribution is -2.31. The Morgan fingerprint density at radius 1 is 1.43 bits per heavy atom. The molecule has 5 heteroatoms. The minimum Gasteiger partial charge on any atom is -0.370 e. The van der Waals surface area contributed by atoms with Gasteiger partial charge in [0.1, 0.15) is 0 Å². The third-order valence-electron chi connectivity index (χ3n) is 1.79. The van der Waals surface area contributed by atoms with Crippen molar-refractivity contribution in [3.05, 3.63) is 0 Å². The van der Waals surface area contributed by atoms with Crippen molar-refractivity contribution >= 4 is 27.7 Å². The van der Waals surface area contributed by atoms with Crippen molar-refractivity contribution in [2.24, 2.45) is 5.73 Å². The van der Waals surface area contributed by atoms with Crippen LogP contribution in [0.5, 0.6) is 0 Å². The quantitative estimate of drug-likeness (QED) is 0.531. The maximum Gasteiger partial charge on any atom is 0.233 e. The van der Waals surface area contributed by atoms with Gasteiger partial charge in [0.15, 0.2) is 0 Å². The number of carbonyl (C=O) groups is 2. The summed E-state index contributed by atoms with van der Waals surface area (Å²) in [5.74, 6) is -0.283. The summed E-state index contributed by atoms with van der Waals surface area (Å²) in [6.45, 7) is 2.54. The van der Waals surface area contributed by atoms with E-state index in [0.717, 1.165) is 19.3 Å². The largest absolute Gasteiger partial charge is 0.370 e. The first-order valence-electron chi connectivity index (χ1n) is 4.78. The minimum atomic E-state index is -0.289. The topological polar surface area (TPSA) is 72.2 Å². The lowest BCUT2D eigenvalue weighted by Gasteiger charge is -2.07. The Morgan fingerprint density at radius 2 is 2.07 bits per heavy atom. The van der Waals surface area contributed by atoms with Crippen LogP contribution in [0.4, 0.5) is 0 Å². The van der Waals surface area contributed by atoms with E-state index < -0.39 is 0 Å². The fourth-order valence-corrected chi connectivity index (χ4v) is 1.09. The number of amides is 2. The van der Waals surface area contributed by atoms with Crippen LogP contribution in [0.2, 0.25) is 0 Å². The number of primary amides is 1. The monoisotopic (exact) mass is 264 g/mol. The number of unbranched alkanes of at least 4 members (excludes halogenated alkanes) is 1. The van der Waals surface area contributed by atoms with Crippen LogP contribution in [0.15, 0.2) is 0 Å². The molecule has 0 aliphatic heterocycles. The van der Waals surface area contributed by atoms with E-state index >= 15 is 0 Å². The van der Waals surface area contributed by atoms with Gasteiger partial charge >= 0.3 is 0 Å². The number of nitrogens with two attached hydrogens (primary N) is 1. The fraction of sp³-hybridized carbons (Fsp3) is 0.778. The van der Waals surface area contributed by atoms with Crippen LogP contribution >= 0.6 is 15.9 Å². The second-order valence-corrected chi connectivity index (χ2v) is 4.20. The molecular weight excluding hydrogens is 248 g/mol. The molecule has 0 radical (unpaired) electrons. The van der Waals surface area contributed by atoms with E-state index in [4.69, 9.17) is 5.73 Å². The van der Waals surface area contributed by atoms with Gasteiger partial charge in [-0.1, -0.05) is 22.9 Å². The second-order valence-electron chi connectivity index (χ2n) is 3.09. The van der Waals surface area contributed by atoms with E-state index in [9.17, 15) is 9.59 Å². The van der Waals surface area contributed by atoms with Crippen molar-refractivity contribution in [3.8, 4) is 0 Å². The predicted octanol–water partition coefficient (Wildman–Crippen LogP) is 0.932. The molecule has 2 amide bonds. The number of carbonyl (C=O) groups excluding carboxylic acids is 2. The predicted molar refractivity (Wildman–Crippen MR) is 59.1 cm³/mol. The third kappa shape index (κ3) is 6.88. The number of rotatable bonds is 7. The standard InChI is InChI=1S/C9H17BrN2O2/c1-2-7(10)9(14)12-6-4-3-5-8(11)13/h7H,2-6H2,1H3,(H2,11,13)(H,12,14). The first-order chi connectivity index (χ1) is 6.57. The van der Waals surface area contributed by atoms with E-state index in [0.29, 0.717) is 13.0 Å². The molecule has 4 nitrogen and oxygen atoms in total. The fourth-order valence-electron chi connectivity index (χ4n) is 0.932. The van der Waals surface area contributed by atoms with Gasteiger partial charge in [-0.05, 0) is 19.3 Å². The zero-order valence-electron chi connectivity index (χ0n) is 8.38. The van der Waals surface area contributed by atoms with Crippen LogP contribution in [0.1, 0.15) is 32.6 Å². The molecule has 3 N–H and O–H groups in total. The van der Waals surface area contributed by atoms with E-state index in [1.807, 2.05) is 6.92 Å². The molecule has 0 bridgehead atoms. The average molecular weight is 265 g/mol. The Labute approximate surface area is 92.7 Å². The number of hydrogen-bond acceptors (Lipinski definition) is 2. The van der Waals surface area contributed by atoms with Crippen molar-refractivity contribution in [1.82, 2.24) is 5.32 Å². The van der Waals surface area contributed by atoms with Crippen LogP contribution in [-0.4, -0.2) is 23.2 Å². The number of alkyl halides is 1. The minimum absolute atomic E-state index is 0.00609. The molecule has 0 spiro atoms. The molecule has 0 aromatic rings. The lowest BCUT2D eigenvalue weighted by atomic mass is 10.2. The van der Waals surface area contributed by atoms with E-state index in [-0.39, 0.29) is 16.6 Å². The number of nitrogens with one attached hydrogen (secondary N) is 1. The Balaban J connectivity index is 3.36. The second kappa shape index (κ2) is 7.79. The van der Waals surface area contributed by atoms with Crippen molar-refractivity contribution in [2.45, 2.75) is 37.4 Å². The van der Waals surface area contributed by atoms with Crippen molar-refractivity contribution in [3.63, 3.8) is 0 Å². The maximum absolute atomic E-state index is 11.2. The lowest BCUT2D eigenvalue weighted by molar-refractivity contribution is -0.120. The Bertz CT molecular complexity index is 197. The summed E-state index contributed by atoms with van der Waals surface area (Å²) in [6, 6.07) is 0. The summed E-state index contributed by atoms with van der Waals surface area (Å²) in [7, 11) is 0. The summed E-state index contributed by atoms with van der Waals surface area (Å²) in [4.78, 5) is 21.5. The normalized spacial score (nSPS) is 12.1. The highest BCUT2D eigenvalue weighted by Gasteiger charge is 2.10. The van der Waals surface area contributed by atoms with Gasteiger partial charge in [-0.2, -0.15) is 0 Å². The Hall–Kier alpha value is -0.580. The highest BCUT2D eigenvalue weighted by Crippen LogP contribution is 2.03. The summed E-state index contributed by atoms with van der Waals surface area (Å²) in [6.07, 6.45) is 2.68. The van der Waals surface area contributed by atoms with E-state index in [1.54, 1.807) is 0 Å². The van der Waals surface area contributed by atoms with Crippen molar-refractivity contribution < 1.29 is 9.59 Å². The van der Waals surface area contributed by atoms with Gasteiger partial charge in [0.2, 0.25) is 11.8 Å². The first-order valence-corrected chi connectivity index (χ1v) is 5.69. The van der Waals surface area contributed by atoms with Crippen molar-refractivity contribution in [1.29, 1.82) is 0 Å². The Kier molecular flexibility index (Phi) is 7.47. The smallest absolute Gasteiger partial charge is 0.233 e. The van der Waals surface area contributed by atoms with Gasteiger partial charge in [0, 0.05) is 13.0 Å². The summed E-state index contributed by atoms with van der Waals surface area (Å²) in [5, 5.41) is 2.77. The average Bonchev–Trinajstić information content (AvgIpc) is 2.15. The molecule has 0 heterocycles. The molecule has 1 atom stereocenters. The van der Waals surface area contributed by atoms with Gasteiger partial charge in [0.25, 0.3) is 0 Å². The van der Waals surface area contributed by atoms with Gasteiger partial charge in [0.05, 0.1) is 4.83 Å². The molecule has 1 unspecified atom stereocenters. The van der Waals surface area contributed by atoms with Gasteiger partial charge in [-0.25, -0.2) is 0 Å². The molecular formula is C9H17BrN2O2. The Morgan fingerprint density at radius 3 is 2.57 bits per heavy atom. The molecule has 14 heavy (non-hydrogen) atoms. The van der Waals surface area contributed by atoms with Crippen LogP contribution in [-0.2, 0) is 9.59 Å². The third-order valence-corrected chi connectivity index (χ3v) is 2.86. The molecule has 0 aromatic carbocycles. The molecule has 0 saturated heterocycles. The summed E-state index contributed by atoms with van der Waals surface area (Å²) in [5.41, 5.74) is 4.97. The SMILES string of the molecule is CCC(Br)C(=O)NCCCCC(N)=O. The van der Waals surface area contributed by atoms with Crippen LogP contribution in [0.25, 0.3) is 0 Å². The molecule has 0 fully saturated rings. The molecule has 0 rings (SSSR count). The van der Waals surface area contributed by atoms with Crippen LogP contribution in [0.3, 0.4) is 0 Å². The van der Waals surface area contributed by atoms with Crippen LogP contribution < -0.4 is 11.1 Å². The molecule has 0 aliphatic rings. The number of hydrogen-bond donors (Lipinski definition) is 2. The van der Waals surface area contributed by atoms with Crippen LogP contribution in [0, 0.1) is 0 Å². The zero-order chi connectivity index (χ0) is 11.0. The highest BCUT2D eigenvalue weighted by atomic mass is 79.9. The zero-order valence-corrected chi connectivity index (χ0v) is 9.97. The molecule has 0 aromatic heterocycles. The maximum atomic E-state index is 11.2. The molecule has 0 aliphatic carbocycles. The van der Waals surface area contributed by atoms with Crippen molar-refractivity contribution in [2.75, 3.05) is 6.54 Å². The van der Waals surface area contributed by atoms with Gasteiger partial charge < -0.3 is 11.1 Å². The molecule has 82 valence electrons. The van der Waals surface area contributed by atoms with Gasteiger partial charge in [-0.3, -0.25) is 9.59 Å². The molecule has 0 saturated carbocycles. The first kappa shape index (κ1) is 13.4. The van der Waals surface area contributed by atoms with Gasteiger partial charge in [-0.15, -0.1) is 0 Å². The highest BCUT2D eigenvalue weighted by molar-refractivity contribution is 9.10. The summed E-state index contributed by atoms with van der Waals surface area (Å²) >= 11 is 3.25.